The van der Waals surface area contributed by atoms with E-state index < -0.39 is 32.0 Å². The first-order valence-corrected chi connectivity index (χ1v) is 10.1. The lowest BCUT2D eigenvalue weighted by atomic mass is 10.2. The molecule has 1 aliphatic rings. The topological polar surface area (TPSA) is 103 Å². The van der Waals surface area contributed by atoms with Crippen LogP contribution >= 0.6 is 7.75 Å². The first-order chi connectivity index (χ1) is 12.3. The fourth-order valence-electron chi connectivity index (χ4n) is 2.30. The van der Waals surface area contributed by atoms with Crippen LogP contribution in [0.1, 0.15) is 27.2 Å². The van der Waals surface area contributed by atoms with Crippen molar-refractivity contribution in [2.75, 3.05) is 13.2 Å². The van der Waals surface area contributed by atoms with Gasteiger partial charge in [-0.2, -0.15) is 5.09 Å². The molecule has 1 aromatic rings. The minimum atomic E-state index is -3.92. The maximum absolute atomic E-state index is 13.1. The zero-order valence-electron chi connectivity index (χ0n) is 15.2. The lowest BCUT2D eigenvalue weighted by Gasteiger charge is -2.24. The molecule has 0 amide bonds. The first kappa shape index (κ1) is 20.9. The van der Waals surface area contributed by atoms with Crippen molar-refractivity contribution in [2.24, 2.45) is 0 Å². The third-order valence-corrected chi connectivity index (χ3v) is 5.25. The van der Waals surface area contributed by atoms with E-state index in [-0.39, 0.29) is 12.7 Å². The summed E-state index contributed by atoms with van der Waals surface area (Å²) in [5, 5.41) is 12.4. The molecule has 2 rings (SSSR count). The van der Waals surface area contributed by atoms with E-state index in [0.717, 1.165) is 0 Å². The van der Waals surface area contributed by atoms with Crippen LogP contribution in [0, 0.1) is 0 Å². The van der Waals surface area contributed by atoms with Gasteiger partial charge in [0.05, 0.1) is 18.8 Å². The van der Waals surface area contributed by atoms with Crippen LogP contribution in [0.15, 0.2) is 30.3 Å². The predicted molar refractivity (Wildman–Crippen MR) is 94.8 cm³/mol. The van der Waals surface area contributed by atoms with Crippen molar-refractivity contribution in [3.05, 3.63) is 30.3 Å². The van der Waals surface area contributed by atoms with Crippen LogP contribution in [0.3, 0.4) is 0 Å². The van der Waals surface area contributed by atoms with Crippen LogP contribution in [-0.4, -0.2) is 48.6 Å². The second-order valence-electron chi connectivity index (χ2n) is 6.30. The highest BCUT2D eigenvalue weighted by molar-refractivity contribution is 7.52. The molecule has 2 N–H and O–H groups in total. The number of aliphatic hydroxyl groups excluding tert-OH is 1. The van der Waals surface area contributed by atoms with Gasteiger partial charge in [-0.05, 0) is 39.3 Å². The van der Waals surface area contributed by atoms with Crippen LogP contribution in [0.5, 0.6) is 5.75 Å². The number of rotatable bonds is 9. The number of hydrogen-bond acceptors (Lipinski definition) is 7. The third-order valence-electron chi connectivity index (χ3n) is 3.61. The van der Waals surface area contributed by atoms with Gasteiger partial charge in [0.25, 0.3) is 0 Å². The molecule has 0 saturated carbocycles. The predicted octanol–water partition coefficient (Wildman–Crippen LogP) is 2.27. The number of para-hydroxylation sites is 1. The Kier molecular flexibility index (Phi) is 7.61. The molecule has 146 valence electrons. The monoisotopic (exact) mass is 387 g/mol. The summed E-state index contributed by atoms with van der Waals surface area (Å²) in [5.74, 6) is -0.252. The SMILES string of the molecule is CC(C)OC(=O)[C@H](C)NP(=O)(OC[C@@H]1OCCC1O)Oc1ccccc1. The molecule has 26 heavy (non-hydrogen) atoms. The van der Waals surface area contributed by atoms with Crippen molar-refractivity contribution in [3.63, 3.8) is 0 Å². The first-order valence-electron chi connectivity index (χ1n) is 8.56. The summed E-state index contributed by atoms with van der Waals surface area (Å²) in [7, 11) is -3.92. The molecule has 2 unspecified atom stereocenters. The molecule has 0 aliphatic carbocycles. The van der Waals surface area contributed by atoms with Crippen LogP contribution < -0.4 is 9.61 Å². The second kappa shape index (κ2) is 9.48. The Morgan fingerprint density at radius 3 is 2.62 bits per heavy atom. The standard InChI is InChI=1S/C17H26NO7P/c1-12(2)24-17(20)13(3)18-26(21,25-14-7-5-4-6-8-14)23-11-16-15(19)9-10-22-16/h4-8,12-13,15-16,19H,9-11H2,1-3H3,(H,18,21)/t13-,15?,16-,26?/m0/s1. The van der Waals surface area contributed by atoms with Gasteiger partial charge in [-0.25, -0.2) is 4.57 Å². The highest BCUT2D eigenvalue weighted by atomic mass is 31.2. The minimum Gasteiger partial charge on any atom is -0.462 e. The molecule has 0 spiro atoms. The molecule has 9 heteroatoms. The van der Waals surface area contributed by atoms with E-state index in [9.17, 15) is 14.5 Å². The maximum Gasteiger partial charge on any atom is 0.459 e. The summed E-state index contributed by atoms with van der Waals surface area (Å²) >= 11 is 0. The third kappa shape index (κ3) is 6.37. The van der Waals surface area contributed by atoms with Crippen LogP contribution in [0.25, 0.3) is 0 Å². The Morgan fingerprint density at radius 1 is 1.35 bits per heavy atom. The molecule has 0 bridgehead atoms. The van der Waals surface area contributed by atoms with Crippen LogP contribution in [0.2, 0.25) is 0 Å². The zero-order valence-corrected chi connectivity index (χ0v) is 16.1. The van der Waals surface area contributed by atoms with Gasteiger partial charge in [-0.1, -0.05) is 18.2 Å². The Bertz CT molecular complexity index is 625. The van der Waals surface area contributed by atoms with E-state index in [1.807, 2.05) is 0 Å². The van der Waals surface area contributed by atoms with Crippen molar-refractivity contribution < 1.29 is 33.0 Å². The average molecular weight is 387 g/mol. The van der Waals surface area contributed by atoms with Gasteiger partial charge in [-0.15, -0.1) is 0 Å². The Hall–Kier alpha value is -1.44. The molecule has 1 aromatic carbocycles. The van der Waals surface area contributed by atoms with Gasteiger partial charge in [0.1, 0.15) is 17.9 Å². The second-order valence-corrected chi connectivity index (χ2v) is 7.99. The number of aliphatic hydroxyl groups is 1. The number of carbonyl (C=O) groups is 1. The molecule has 1 saturated heterocycles. The fourth-order valence-corrected chi connectivity index (χ4v) is 3.80. The van der Waals surface area contributed by atoms with E-state index in [2.05, 4.69) is 5.09 Å². The number of esters is 1. The molecule has 8 nitrogen and oxygen atoms in total. The molecule has 4 atom stereocenters. The molecule has 1 heterocycles. The van der Waals surface area contributed by atoms with Crippen molar-refractivity contribution >= 4 is 13.7 Å². The van der Waals surface area contributed by atoms with E-state index in [1.54, 1.807) is 44.2 Å². The summed E-state index contributed by atoms with van der Waals surface area (Å²) in [6.07, 6.45) is -1.10. The van der Waals surface area contributed by atoms with Gasteiger partial charge in [-0.3, -0.25) is 9.32 Å². The molecule has 1 fully saturated rings. The van der Waals surface area contributed by atoms with Crippen molar-refractivity contribution in [1.29, 1.82) is 0 Å². The number of benzene rings is 1. The highest BCUT2D eigenvalue weighted by Gasteiger charge is 2.35. The van der Waals surface area contributed by atoms with Crippen LogP contribution in [0.4, 0.5) is 0 Å². The van der Waals surface area contributed by atoms with Crippen LogP contribution in [-0.2, 0) is 23.4 Å². The Morgan fingerprint density at radius 2 is 2.04 bits per heavy atom. The van der Waals surface area contributed by atoms with Crippen molar-refractivity contribution in [3.8, 4) is 5.75 Å². The number of carbonyl (C=O) groups excluding carboxylic acids is 1. The van der Waals surface area contributed by atoms with Gasteiger partial charge >= 0.3 is 13.7 Å². The minimum absolute atomic E-state index is 0.135. The number of nitrogens with one attached hydrogen (secondary N) is 1. The van der Waals surface area contributed by atoms with E-state index in [1.165, 1.54) is 6.92 Å². The quantitative estimate of drug-likeness (QED) is 0.491. The summed E-state index contributed by atoms with van der Waals surface area (Å²) in [6.45, 7) is 5.23. The molecule has 1 aliphatic heterocycles. The average Bonchev–Trinajstić information content (AvgIpc) is 2.98. The summed E-state index contributed by atoms with van der Waals surface area (Å²) < 4.78 is 34.5. The summed E-state index contributed by atoms with van der Waals surface area (Å²) in [6, 6.07) is 7.56. The maximum atomic E-state index is 13.1. The highest BCUT2D eigenvalue weighted by Crippen LogP contribution is 2.45. The Balaban J connectivity index is 2.06. The van der Waals surface area contributed by atoms with Gasteiger partial charge in [0, 0.05) is 6.61 Å². The Labute approximate surface area is 153 Å². The van der Waals surface area contributed by atoms with Crippen molar-refractivity contribution in [2.45, 2.75) is 51.5 Å². The van der Waals surface area contributed by atoms with Gasteiger partial charge < -0.3 is 19.1 Å². The van der Waals surface area contributed by atoms with E-state index in [4.69, 9.17) is 18.5 Å². The fraction of sp³-hybridized carbons (Fsp3) is 0.588. The van der Waals surface area contributed by atoms with Gasteiger partial charge in [0.15, 0.2) is 0 Å². The smallest absolute Gasteiger partial charge is 0.459 e. The zero-order chi connectivity index (χ0) is 19.2. The van der Waals surface area contributed by atoms with Gasteiger partial charge in [0.2, 0.25) is 0 Å². The largest absolute Gasteiger partial charge is 0.462 e. The molecule has 0 aromatic heterocycles. The molecular weight excluding hydrogens is 361 g/mol. The lowest BCUT2D eigenvalue weighted by molar-refractivity contribution is -0.149. The number of hydrogen-bond donors (Lipinski definition) is 2. The van der Waals surface area contributed by atoms with E-state index >= 15 is 0 Å². The number of ether oxygens (including phenoxy) is 2. The van der Waals surface area contributed by atoms with Crippen molar-refractivity contribution in [1.82, 2.24) is 5.09 Å². The van der Waals surface area contributed by atoms with E-state index in [0.29, 0.717) is 18.8 Å². The normalized spacial score (nSPS) is 23.4. The molecule has 0 radical (unpaired) electrons. The summed E-state index contributed by atoms with van der Waals surface area (Å²) in [4.78, 5) is 12.0. The summed E-state index contributed by atoms with van der Waals surface area (Å²) in [5.41, 5.74) is 0. The lowest BCUT2D eigenvalue weighted by Crippen LogP contribution is -2.37. The molecular formula is C17H26NO7P.